The van der Waals surface area contributed by atoms with Crippen molar-refractivity contribution in [1.29, 1.82) is 0 Å². The van der Waals surface area contributed by atoms with Crippen LogP contribution in [0.1, 0.15) is 25.8 Å². The molecule has 2 rings (SSSR count). The van der Waals surface area contributed by atoms with Crippen molar-refractivity contribution in [2.75, 3.05) is 19.6 Å². The van der Waals surface area contributed by atoms with Gasteiger partial charge in [0.05, 0.1) is 0 Å². The fourth-order valence-corrected chi connectivity index (χ4v) is 2.65. The van der Waals surface area contributed by atoms with Crippen LogP contribution in [-0.4, -0.2) is 36.5 Å². The summed E-state index contributed by atoms with van der Waals surface area (Å²) >= 11 is 0. The van der Waals surface area contributed by atoms with E-state index in [0.717, 1.165) is 19.6 Å². The molecular weight excluding hydrogens is 255 g/mol. The number of benzene rings is 1. The number of hydrogen-bond donors (Lipinski definition) is 1. The summed E-state index contributed by atoms with van der Waals surface area (Å²) in [5.41, 5.74) is 0.695. The Bertz CT molecular complexity index is 464. The molecule has 0 unspecified atom stereocenters. The van der Waals surface area contributed by atoms with Crippen molar-refractivity contribution >= 4 is 5.91 Å². The van der Waals surface area contributed by atoms with Crippen LogP contribution in [0, 0.1) is 11.7 Å². The second-order valence-electron chi connectivity index (χ2n) is 5.62. The molecule has 20 heavy (non-hydrogen) atoms. The molecule has 1 saturated heterocycles. The molecule has 1 aromatic carbocycles. The zero-order valence-electron chi connectivity index (χ0n) is 12.2. The molecule has 1 aromatic rings. The van der Waals surface area contributed by atoms with Gasteiger partial charge in [-0.3, -0.25) is 4.79 Å². The van der Waals surface area contributed by atoms with Gasteiger partial charge < -0.3 is 10.2 Å². The Labute approximate surface area is 120 Å². The van der Waals surface area contributed by atoms with Crippen LogP contribution in [-0.2, 0) is 11.2 Å². The third-order valence-electron chi connectivity index (χ3n) is 4.01. The van der Waals surface area contributed by atoms with E-state index in [1.807, 2.05) is 17.9 Å². The number of hydrogen-bond acceptors (Lipinski definition) is 2. The monoisotopic (exact) mass is 278 g/mol. The number of carbonyl (C=O) groups is 1. The molecule has 3 nitrogen and oxygen atoms in total. The van der Waals surface area contributed by atoms with Crippen LogP contribution in [0.2, 0.25) is 0 Å². The molecule has 1 amide bonds. The summed E-state index contributed by atoms with van der Waals surface area (Å²) in [6.45, 7) is 6.48. The number of piperazine rings is 1. The first kappa shape index (κ1) is 15.0. The van der Waals surface area contributed by atoms with E-state index in [0.29, 0.717) is 18.4 Å². The first-order valence-corrected chi connectivity index (χ1v) is 7.34. The van der Waals surface area contributed by atoms with E-state index in [9.17, 15) is 9.18 Å². The molecule has 110 valence electrons. The van der Waals surface area contributed by atoms with Crippen LogP contribution in [0.15, 0.2) is 24.3 Å². The molecule has 1 heterocycles. The van der Waals surface area contributed by atoms with Crippen molar-refractivity contribution in [3.63, 3.8) is 0 Å². The first-order chi connectivity index (χ1) is 9.59. The lowest BCUT2D eigenvalue weighted by atomic mass is 9.98. The SMILES string of the molecule is C[C@@H]1CNCCN1C(=O)[C@@H](C)CCc1ccccc1F. The van der Waals surface area contributed by atoms with Gasteiger partial charge in [0, 0.05) is 31.6 Å². The van der Waals surface area contributed by atoms with E-state index in [1.54, 1.807) is 12.1 Å². The van der Waals surface area contributed by atoms with Crippen molar-refractivity contribution < 1.29 is 9.18 Å². The van der Waals surface area contributed by atoms with E-state index in [4.69, 9.17) is 0 Å². The number of nitrogens with zero attached hydrogens (tertiary/aromatic N) is 1. The first-order valence-electron chi connectivity index (χ1n) is 7.34. The maximum absolute atomic E-state index is 13.6. The average Bonchev–Trinajstić information content (AvgIpc) is 2.46. The highest BCUT2D eigenvalue weighted by atomic mass is 19.1. The summed E-state index contributed by atoms with van der Waals surface area (Å²) < 4.78 is 13.6. The smallest absolute Gasteiger partial charge is 0.225 e. The molecule has 1 aliphatic heterocycles. The number of nitrogens with one attached hydrogen (secondary N) is 1. The molecule has 0 saturated carbocycles. The molecular formula is C16H23FN2O. The topological polar surface area (TPSA) is 32.3 Å². The van der Waals surface area contributed by atoms with Crippen LogP contribution in [0.4, 0.5) is 4.39 Å². The Kier molecular flexibility index (Phi) is 5.12. The quantitative estimate of drug-likeness (QED) is 0.916. The zero-order chi connectivity index (χ0) is 14.5. The third kappa shape index (κ3) is 3.57. The van der Waals surface area contributed by atoms with Gasteiger partial charge >= 0.3 is 0 Å². The second-order valence-corrected chi connectivity index (χ2v) is 5.62. The van der Waals surface area contributed by atoms with Crippen molar-refractivity contribution in [3.8, 4) is 0 Å². The zero-order valence-corrected chi connectivity index (χ0v) is 12.2. The Balaban J connectivity index is 1.89. The summed E-state index contributed by atoms with van der Waals surface area (Å²) in [5, 5.41) is 3.28. The van der Waals surface area contributed by atoms with Crippen LogP contribution in [0.3, 0.4) is 0 Å². The Morgan fingerprint density at radius 1 is 1.50 bits per heavy atom. The van der Waals surface area contributed by atoms with Crippen LogP contribution in [0.25, 0.3) is 0 Å². The summed E-state index contributed by atoms with van der Waals surface area (Å²) in [4.78, 5) is 14.4. The van der Waals surface area contributed by atoms with E-state index in [1.165, 1.54) is 6.07 Å². The molecule has 0 aliphatic carbocycles. The summed E-state index contributed by atoms with van der Waals surface area (Å²) in [7, 11) is 0. The minimum atomic E-state index is -0.178. The third-order valence-corrected chi connectivity index (χ3v) is 4.01. The maximum atomic E-state index is 13.6. The molecule has 1 aliphatic rings. The molecule has 1 fully saturated rings. The van der Waals surface area contributed by atoms with Crippen LogP contribution >= 0.6 is 0 Å². The predicted molar refractivity (Wildman–Crippen MR) is 77.9 cm³/mol. The van der Waals surface area contributed by atoms with Crippen molar-refractivity contribution in [3.05, 3.63) is 35.6 Å². The molecule has 2 atom stereocenters. The van der Waals surface area contributed by atoms with Gasteiger partial charge in [-0.2, -0.15) is 0 Å². The Morgan fingerprint density at radius 3 is 2.95 bits per heavy atom. The number of carbonyl (C=O) groups excluding carboxylic acids is 1. The number of rotatable bonds is 4. The predicted octanol–water partition coefficient (Wildman–Crippen LogP) is 2.21. The molecule has 0 spiro atoms. The second kappa shape index (κ2) is 6.84. The van der Waals surface area contributed by atoms with Gasteiger partial charge in [0.2, 0.25) is 5.91 Å². The van der Waals surface area contributed by atoms with Gasteiger partial charge in [0.1, 0.15) is 5.82 Å². The van der Waals surface area contributed by atoms with Crippen LogP contribution in [0.5, 0.6) is 0 Å². The maximum Gasteiger partial charge on any atom is 0.225 e. The standard InChI is InChI=1S/C16H23FN2O/c1-12(7-8-14-5-3-4-6-15(14)17)16(20)19-10-9-18-11-13(19)2/h3-6,12-13,18H,7-11H2,1-2H3/t12-,13+/m0/s1. The largest absolute Gasteiger partial charge is 0.337 e. The fourth-order valence-electron chi connectivity index (χ4n) is 2.65. The molecule has 0 aromatic heterocycles. The summed E-state index contributed by atoms with van der Waals surface area (Å²) in [5.74, 6) is -0.0480. The van der Waals surface area contributed by atoms with E-state index in [2.05, 4.69) is 12.2 Å². The number of halogens is 1. The summed E-state index contributed by atoms with van der Waals surface area (Å²) in [6.07, 6.45) is 1.30. The lowest BCUT2D eigenvalue weighted by Crippen LogP contribution is -2.53. The normalized spacial score (nSPS) is 20.8. The van der Waals surface area contributed by atoms with Crippen molar-refractivity contribution in [2.24, 2.45) is 5.92 Å². The van der Waals surface area contributed by atoms with E-state index < -0.39 is 0 Å². The van der Waals surface area contributed by atoms with Crippen LogP contribution < -0.4 is 5.32 Å². The lowest BCUT2D eigenvalue weighted by Gasteiger charge is -2.35. The highest BCUT2D eigenvalue weighted by molar-refractivity contribution is 5.79. The van der Waals surface area contributed by atoms with Crippen molar-refractivity contribution in [1.82, 2.24) is 10.2 Å². The highest BCUT2D eigenvalue weighted by Crippen LogP contribution is 2.16. The average molecular weight is 278 g/mol. The lowest BCUT2D eigenvalue weighted by molar-refractivity contribution is -0.138. The van der Waals surface area contributed by atoms with E-state index in [-0.39, 0.29) is 23.7 Å². The van der Waals surface area contributed by atoms with E-state index >= 15 is 0 Å². The van der Waals surface area contributed by atoms with Crippen molar-refractivity contribution in [2.45, 2.75) is 32.7 Å². The van der Waals surface area contributed by atoms with Gasteiger partial charge in [-0.15, -0.1) is 0 Å². The highest BCUT2D eigenvalue weighted by Gasteiger charge is 2.26. The Morgan fingerprint density at radius 2 is 2.25 bits per heavy atom. The van der Waals surface area contributed by atoms with Gasteiger partial charge in [0.15, 0.2) is 0 Å². The van der Waals surface area contributed by atoms with Gasteiger partial charge in [-0.25, -0.2) is 4.39 Å². The fraction of sp³-hybridized carbons (Fsp3) is 0.562. The summed E-state index contributed by atoms with van der Waals surface area (Å²) in [6, 6.07) is 7.03. The minimum Gasteiger partial charge on any atom is -0.337 e. The number of amides is 1. The molecule has 1 N–H and O–H groups in total. The molecule has 0 bridgehead atoms. The van der Waals surface area contributed by atoms with Gasteiger partial charge in [-0.05, 0) is 31.4 Å². The molecule has 0 radical (unpaired) electrons. The van der Waals surface area contributed by atoms with Gasteiger partial charge in [-0.1, -0.05) is 25.1 Å². The Hall–Kier alpha value is -1.42. The van der Waals surface area contributed by atoms with Gasteiger partial charge in [0.25, 0.3) is 0 Å². The number of aryl methyl sites for hydroxylation is 1. The minimum absolute atomic E-state index is 0.0600. The molecule has 4 heteroatoms.